The van der Waals surface area contributed by atoms with Crippen LogP contribution in [0, 0.1) is 5.82 Å². The molecule has 0 aliphatic carbocycles. The largest absolute Gasteiger partial charge is 0.387 e. The lowest BCUT2D eigenvalue weighted by Crippen LogP contribution is -2.44. The van der Waals surface area contributed by atoms with Crippen LogP contribution in [-0.4, -0.2) is 38.9 Å². The van der Waals surface area contributed by atoms with Gasteiger partial charge in [-0.1, -0.05) is 18.6 Å². The number of aliphatic hydroxyl groups is 1. The third-order valence-electron chi connectivity index (χ3n) is 4.37. The van der Waals surface area contributed by atoms with Gasteiger partial charge in [-0.3, -0.25) is 9.58 Å². The van der Waals surface area contributed by atoms with E-state index in [2.05, 4.69) is 10.00 Å². The normalized spacial score (nSPS) is 20.9. The molecule has 0 unspecified atom stereocenters. The van der Waals surface area contributed by atoms with Gasteiger partial charge in [0.05, 0.1) is 12.6 Å². The van der Waals surface area contributed by atoms with E-state index >= 15 is 0 Å². The van der Waals surface area contributed by atoms with E-state index in [9.17, 15) is 9.50 Å². The van der Waals surface area contributed by atoms with E-state index in [1.807, 2.05) is 16.9 Å². The fraction of sp³-hybridized carbons (Fsp3) is 0.471. The van der Waals surface area contributed by atoms with E-state index in [0.717, 1.165) is 31.5 Å². The van der Waals surface area contributed by atoms with Crippen molar-refractivity contribution in [2.24, 2.45) is 0 Å². The van der Waals surface area contributed by atoms with Crippen molar-refractivity contribution in [1.82, 2.24) is 14.7 Å². The van der Waals surface area contributed by atoms with Gasteiger partial charge in [0, 0.05) is 25.0 Å². The van der Waals surface area contributed by atoms with Crippen molar-refractivity contribution in [2.75, 3.05) is 13.1 Å². The zero-order chi connectivity index (χ0) is 15.4. The molecule has 1 N–H and O–H groups in total. The van der Waals surface area contributed by atoms with E-state index in [0.29, 0.717) is 12.6 Å². The van der Waals surface area contributed by atoms with Crippen LogP contribution in [0.4, 0.5) is 4.39 Å². The summed E-state index contributed by atoms with van der Waals surface area (Å²) in [5, 5.41) is 14.7. The molecule has 0 spiro atoms. The third kappa shape index (κ3) is 3.72. The van der Waals surface area contributed by atoms with Gasteiger partial charge in [-0.05, 0) is 43.1 Å². The molecular formula is C17H22FN3O. The van der Waals surface area contributed by atoms with Crippen LogP contribution in [-0.2, 0) is 6.54 Å². The number of piperidine rings is 1. The number of aliphatic hydroxyl groups excluding tert-OH is 1. The molecule has 0 radical (unpaired) electrons. The SMILES string of the molecule is O[C@@H](CN1CCCC[C@@H]1Cn1cccn1)c1ccc(F)cc1. The molecule has 0 amide bonds. The third-order valence-corrected chi connectivity index (χ3v) is 4.37. The number of aromatic nitrogens is 2. The molecule has 1 saturated heterocycles. The number of β-amino-alcohol motifs (C(OH)–C–C–N with tert-alkyl or cyclic N) is 1. The minimum Gasteiger partial charge on any atom is -0.387 e. The number of hydrogen-bond donors (Lipinski definition) is 1. The predicted molar refractivity (Wildman–Crippen MR) is 82.8 cm³/mol. The summed E-state index contributed by atoms with van der Waals surface area (Å²) in [5.74, 6) is -0.273. The van der Waals surface area contributed by atoms with Gasteiger partial charge in [0.25, 0.3) is 0 Å². The fourth-order valence-corrected chi connectivity index (χ4v) is 3.14. The molecule has 118 valence electrons. The van der Waals surface area contributed by atoms with Gasteiger partial charge in [-0.25, -0.2) is 4.39 Å². The van der Waals surface area contributed by atoms with E-state index in [1.165, 1.54) is 18.6 Å². The monoisotopic (exact) mass is 303 g/mol. The summed E-state index contributed by atoms with van der Waals surface area (Å²) >= 11 is 0. The van der Waals surface area contributed by atoms with Crippen molar-refractivity contribution in [1.29, 1.82) is 0 Å². The minimum absolute atomic E-state index is 0.273. The molecule has 22 heavy (non-hydrogen) atoms. The molecule has 4 nitrogen and oxygen atoms in total. The highest BCUT2D eigenvalue weighted by Crippen LogP contribution is 2.22. The van der Waals surface area contributed by atoms with Gasteiger partial charge in [-0.2, -0.15) is 5.10 Å². The first-order valence-corrected chi connectivity index (χ1v) is 7.87. The summed E-state index contributed by atoms with van der Waals surface area (Å²) in [6.07, 6.45) is 6.68. The molecule has 0 saturated carbocycles. The van der Waals surface area contributed by atoms with E-state index in [4.69, 9.17) is 0 Å². The highest BCUT2D eigenvalue weighted by molar-refractivity contribution is 5.18. The summed E-state index contributed by atoms with van der Waals surface area (Å²) in [4.78, 5) is 2.33. The number of nitrogens with zero attached hydrogens (tertiary/aromatic N) is 3. The van der Waals surface area contributed by atoms with Gasteiger partial charge in [0.1, 0.15) is 5.82 Å². The van der Waals surface area contributed by atoms with E-state index < -0.39 is 6.10 Å². The van der Waals surface area contributed by atoms with Crippen LogP contribution in [0.1, 0.15) is 30.9 Å². The molecule has 1 aromatic heterocycles. The van der Waals surface area contributed by atoms with Gasteiger partial charge >= 0.3 is 0 Å². The number of halogens is 1. The van der Waals surface area contributed by atoms with E-state index in [1.54, 1.807) is 18.3 Å². The lowest BCUT2D eigenvalue weighted by Gasteiger charge is -2.36. The second-order valence-corrected chi connectivity index (χ2v) is 5.94. The Balaban J connectivity index is 1.64. The Hall–Kier alpha value is -1.72. The number of benzene rings is 1. The summed E-state index contributed by atoms with van der Waals surface area (Å²) in [5.41, 5.74) is 0.768. The Morgan fingerprint density at radius 2 is 2.09 bits per heavy atom. The Kier molecular flexibility index (Phi) is 4.85. The van der Waals surface area contributed by atoms with Crippen LogP contribution in [0.25, 0.3) is 0 Å². The number of hydrogen-bond acceptors (Lipinski definition) is 3. The molecule has 1 aliphatic rings. The summed E-state index contributed by atoms with van der Waals surface area (Å²) in [7, 11) is 0. The van der Waals surface area contributed by atoms with Crippen LogP contribution in [0.2, 0.25) is 0 Å². The smallest absolute Gasteiger partial charge is 0.123 e. The lowest BCUT2D eigenvalue weighted by atomic mass is 10.00. The molecule has 0 bridgehead atoms. The van der Waals surface area contributed by atoms with Crippen molar-refractivity contribution >= 4 is 0 Å². The van der Waals surface area contributed by atoms with Crippen molar-refractivity contribution < 1.29 is 9.50 Å². The molecule has 2 aromatic rings. The van der Waals surface area contributed by atoms with Crippen molar-refractivity contribution in [3.05, 3.63) is 54.1 Å². The van der Waals surface area contributed by atoms with Gasteiger partial charge in [0.2, 0.25) is 0 Å². The quantitative estimate of drug-likeness (QED) is 0.923. The highest BCUT2D eigenvalue weighted by Gasteiger charge is 2.25. The molecule has 2 heterocycles. The number of likely N-dealkylation sites (tertiary alicyclic amines) is 1. The maximum absolute atomic E-state index is 13.0. The lowest BCUT2D eigenvalue weighted by molar-refractivity contribution is 0.0591. The molecule has 1 aromatic carbocycles. The molecular weight excluding hydrogens is 281 g/mol. The van der Waals surface area contributed by atoms with Crippen molar-refractivity contribution in [2.45, 2.75) is 38.0 Å². The summed E-state index contributed by atoms with van der Waals surface area (Å²) < 4.78 is 14.9. The number of rotatable bonds is 5. The first-order valence-electron chi connectivity index (χ1n) is 7.87. The first-order chi connectivity index (χ1) is 10.7. The Labute approximate surface area is 130 Å². The standard InChI is InChI=1S/C17H22FN3O/c18-15-7-5-14(6-8-15)17(22)13-20-10-2-1-4-16(20)12-21-11-3-9-19-21/h3,5-9,11,16-17,22H,1-2,4,10,12-13H2/t16-,17+/m1/s1. The molecule has 5 heteroatoms. The summed E-state index contributed by atoms with van der Waals surface area (Å²) in [6.45, 7) is 2.42. The zero-order valence-electron chi connectivity index (χ0n) is 12.6. The Bertz CT molecular complexity index is 570. The van der Waals surface area contributed by atoms with Gasteiger partial charge < -0.3 is 5.11 Å². The van der Waals surface area contributed by atoms with Gasteiger partial charge in [0.15, 0.2) is 0 Å². The zero-order valence-corrected chi connectivity index (χ0v) is 12.6. The second-order valence-electron chi connectivity index (χ2n) is 5.94. The maximum atomic E-state index is 13.0. The molecule has 1 fully saturated rings. The average Bonchev–Trinajstić information content (AvgIpc) is 3.03. The van der Waals surface area contributed by atoms with Crippen LogP contribution in [0.3, 0.4) is 0 Å². The molecule has 1 aliphatic heterocycles. The Morgan fingerprint density at radius 1 is 1.27 bits per heavy atom. The fourth-order valence-electron chi connectivity index (χ4n) is 3.14. The Morgan fingerprint density at radius 3 is 2.82 bits per heavy atom. The minimum atomic E-state index is -0.584. The van der Waals surface area contributed by atoms with Crippen molar-refractivity contribution in [3.8, 4) is 0 Å². The predicted octanol–water partition coefficient (Wildman–Crippen LogP) is 2.61. The first kappa shape index (κ1) is 15.2. The van der Waals surface area contributed by atoms with Crippen LogP contribution >= 0.6 is 0 Å². The van der Waals surface area contributed by atoms with Crippen molar-refractivity contribution in [3.63, 3.8) is 0 Å². The maximum Gasteiger partial charge on any atom is 0.123 e. The van der Waals surface area contributed by atoms with Crippen LogP contribution in [0.15, 0.2) is 42.7 Å². The summed E-state index contributed by atoms with van der Waals surface area (Å²) in [6, 6.07) is 8.44. The molecule has 2 atom stereocenters. The highest BCUT2D eigenvalue weighted by atomic mass is 19.1. The van der Waals surface area contributed by atoms with Crippen LogP contribution < -0.4 is 0 Å². The van der Waals surface area contributed by atoms with Gasteiger partial charge in [-0.15, -0.1) is 0 Å². The molecule has 3 rings (SSSR count). The average molecular weight is 303 g/mol. The van der Waals surface area contributed by atoms with E-state index in [-0.39, 0.29) is 5.82 Å². The second kappa shape index (κ2) is 7.03. The topological polar surface area (TPSA) is 41.3 Å². The van der Waals surface area contributed by atoms with Crippen LogP contribution in [0.5, 0.6) is 0 Å².